The van der Waals surface area contributed by atoms with E-state index in [0.29, 0.717) is 5.13 Å². The molecule has 22 heavy (non-hydrogen) atoms. The molecule has 0 unspecified atom stereocenters. The first kappa shape index (κ1) is 14.9. The third-order valence-electron chi connectivity index (χ3n) is 2.84. The highest BCUT2D eigenvalue weighted by atomic mass is 32.2. The van der Waals surface area contributed by atoms with Gasteiger partial charge in [-0.05, 0) is 42.3 Å². The molecule has 0 radical (unpaired) electrons. The predicted molar refractivity (Wildman–Crippen MR) is 88.3 cm³/mol. The molecule has 1 aromatic carbocycles. The van der Waals surface area contributed by atoms with E-state index < -0.39 is 0 Å². The van der Waals surface area contributed by atoms with Crippen LogP contribution in [0.4, 0.5) is 15.2 Å². The number of rotatable bonds is 6. The minimum atomic E-state index is -0.255. The Labute approximate surface area is 135 Å². The summed E-state index contributed by atoms with van der Waals surface area (Å²) >= 11 is 3.15. The molecular formula is C15H13FN4S2. The molecule has 3 rings (SSSR count). The molecule has 0 aliphatic carbocycles. The smallest absolute Gasteiger partial charge is 0.210 e. The van der Waals surface area contributed by atoms with Crippen molar-refractivity contribution in [2.45, 2.75) is 10.8 Å². The van der Waals surface area contributed by atoms with Crippen LogP contribution < -0.4 is 5.32 Å². The highest BCUT2D eigenvalue weighted by Gasteiger charge is 2.05. The Morgan fingerprint density at radius 1 is 1.14 bits per heavy atom. The highest BCUT2D eigenvalue weighted by molar-refractivity contribution is 8.01. The van der Waals surface area contributed by atoms with Crippen molar-refractivity contribution in [2.24, 2.45) is 0 Å². The van der Waals surface area contributed by atoms with Crippen molar-refractivity contribution in [3.63, 3.8) is 0 Å². The van der Waals surface area contributed by atoms with E-state index in [4.69, 9.17) is 0 Å². The Kier molecular flexibility index (Phi) is 4.97. The molecule has 0 aliphatic rings. The van der Waals surface area contributed by atoms with Crippen molar-refractivity contribution in [3.05, 3.63) is 60.2 Å². The molecule has 7 heteroatoms. The number of aryl methyl sites for hydroxylation is 1. The van der Waals surface area contributed by atoms with Gasteiger partial charge in [-0.2, -0.15) is 0 Å². The van der Waals surface area contributed by atoms with Gasteiger partial charge in [0.2, 0.25) is 5.13 Å². The number of pyridine rings is 1. The second-order valence-electron chi connectivity index (χ2n) is 4.46. The van der Waals surface area contributed by atoms with Crippen LogP contribution in [0.3, 0.4) is 0 Å². The molecular weight excluding hydrogens is 319 g/mol. The van der Waals surface area contributed by atoms with Crippen LogP contribution in [-0.2, 0) is 6.42 Å². The van der Waals surface area contributed by atoms with E-state index in [1.807, 2.05) is 12.3 Å². The molecule has 0 saturated carbocycles. The minimum Gasteiger partial charge on any atom is -0.330 e. The van der Waals surface area contributed by atoms with E-state index in [0.717, 1.165) is 22.2 Å². The molecule has 0 saturated heterocycles. The number of thioether (sulfide) groups is 1. The molecule has 112 valence electrons. The molecule has 0 spiro atoms. The first-order chi connectivity index (χ1) is 10.8. The summed E-state index contributed by atoms with van der Waals surface area (Å²) in [6.07, 6.45) is 4.59. The van der Waals surface area contributed by atoms with E-state index in [1.54, 1.807) is 30.1 Å². The van der Waals surface area contributed by atoms with Crippen LogP contribution in [-0.4, -0.2) is 20.9 Å². The zero-order chi connectivity index (χ0) is 15.2. The zero-order valence-corrected chi connectivity index (χ0v) is 13.2. The lowest BCUT2D eigenvalue weighted by Gasteiger charge is -2.00. The molecule has 0 fully saturated rings. The third kappa shape index (κ3) is 4.25. The first-order valence-corrected chi connectivity index (χ1v) is 8.47. The van der Waals surface area contributed by atoms with Crippen LogP contribution in [0, 0.1) is 5.82 Å². The van der Waals surface area contributed by atoms with E-state index in [-0.39, 0.29) is 5.82 Å². The van der Waals surface area contributed by atoms with Crippen LogP contribution in [0.25, 0.3) is 0 Å². The number of hydrogen-bond acceptors (Lipinski definition) is 6. The lowest BCUT2D eigenvalue weighted by molar-refractivity contribution is 0.628. The Morgan fingerprint density at radius 3 is 2.77 bits per heavy atom. The summed E-state index contributed by atoms with van der Waals surface area (Å²) in [6.45, 7) is 0. The molecule has 1 N–H and O–H groups in total. The van der Waals surface area contributed by atoms with Crippen molar-refractivity contribution >= 4 is 33.9 Å². The van der Waals surface area contributed by atoms with Gasteiger partial charge >= 0.3 is 0 Å². The molecule has 2 heterocycles. The monoisotopic (exact) mass is 332 g/mol. The fourth-order valence-electron chi connectivity index (χ4n) is 1.78. The fraction of sp³-hybridized carbons (Fsp3) is 0.133. The maximum Gasteiger partial charge on any atom is 0.210 e. The Bertz CT molecular complexity index is 716. The van der Waals surface area contributed by atoms with Gasteiger partial charge in [-0.3, -0.25) is 4.98 Å². The second-order valence-corrected chi connectivity index (χ2v) is 6.78. The molecule has 0 atom stereocenters. The quantitative estimate of drug-likeness (QED) is 0.687. The molecule has 0 aliphatic heterocycles. The summed E-state index contributed by atoms with van der Waals surface area (Å²) in [5.74, 6) is 0.672. The van der Waals surface area contributed by atoms with Crippen molar-refractivity contribution in [1.29, 1.82) is 0 Å². The van der Waals surface area contributed by atoms with Gasteiger partial charge in [0.25, 0.3) is 0 Å². The van der Waals surface area contributed by atoms with Gasteiger partial charge < -0.3 is 5.32 Å². The number of anilines is 2. The molecule has 3 aromatic rings. The van der Waals surface area contributed by atoms with Crippen LogP contribution in [0.5, 0.6) is 0 Å². The Morgan fingerprint density at radius 2 is 2.00 bits per heavy atom. The number of halogens is 1. The summed E-state index contributed by atoms with van der Waals surface area (Å²) in [7, 11) is 0. The van der Waals surface area contributed by atoms with E-state index in [9.17, 15) is 4.39 Å². The maximum absolute atomic E-state index is 12.8. The van der Waals surface area contributed by atoms with Gasteiger partial charge in [0.15, 0.2) is 4.34 Å². The number of aromatic nitrogens is 3. The largest absolute Gasteiger partial charge is 0.330 e. The Balaban J connectivity index is 1.51. The second kappa shape index (κ2) is 7.33. The molecule has 2 aromatic heterocycles. The van der Waals surface area contributed by atoms with Crippen LogP contribution in [0.2, 0.25) is 0 Å². The fourth-order valence-corrected chi connectivity index (χ4v) is 3.61. The number of nitrogens with one attached hydrogen (secondary N) is 1. The minimum absolute atomic E-state index is 0.255. The van der Waals surface area contributed by atoms with Gasteiger partial charge in [0.1, 0.15) is 5.82 Å². The average Bonchev–Trinajstić information content (AvgIpc) is 2.98. The number of hydrogen-bond donors (Lipinski definition) is 1. The van der Waals surface area contributed by atoms with E-state index in [1.165, 1.54) is 29.0 Å². The topological polar surface area (TPSA) is 50.7 Å². The Hall–Kier alpha value is -1.99. The van der Waals surface area contributed by atoms with Gasteiger partial charge in [-0.25, -0.2) is 4.39 Å². The standard InChI is InChI=1S/C15H13FN4S2/c16-12-3-5-13(6-4-12)18-14-19-20-15(22-14)21-9-7-11-2-1-8-17-10-11/h1-6,8,10H,7,9H2,(H,18,19). The first-order valence-electron chi connectivity index (χ1n) is 6.67. The lowest BCUT2D eigenvalue weighted by Crippen LogP contribution is -1.89. The number of nitrogens with zero attached hydrogens (tertiary/aromatic N) is 3. The van der Waals surface area contributed by atoms with Crippen molar-refractivity contribution < 1.29 is 4.39 Å². The summed E-state index contributed by atoms with van der Waals surface area (Å²) in [5, 5.41) is 12.0. The van der Waals surface area contributed by atoms with Crippen molar-refractivity contribution in [2.75, 3.05) is 11.1 Å². The summed E-state index contributed by atoms with van der Waals surface area (Å²) < 4.78 is 13.8. The van der Waals surface area contributed by atoms with Gasteiger partial charge in [-0.1, -0.05) is 29.2 Å². The normalized spacial score (nSPS) is 10.6. The third-order valence-corrected chi connectivity index (χ3v) is 4.81. The summed E-state index contributed by atoms with van der Waals surface area (Å²) in [6, 6.07) is 10.2. The van der Waals surface area contributed by atoms with E-state index >= 15 is 0 Å². The van der Waals surface area contributed by atoms with Crippen LogP contribution in [0.1, 0.15) is 5.56 Å². The maximum atomic E-state index is 12.8. The van der Waals surface area contributed by atoms with Crippen LogP contribution >= 0.6 is 23.1 Å². The molecule has 0 bridgehead atoms. The van der Waals surface area contributed by atoms with Gasteiger partial charge in [-0.15, -0.1) is 10.2 Å². The van der Waals surface area contributed by atoms with Gasteiger partial charge in [0, 0.05) is 23.8 Å². The lowest BCUT2D eigenvalue weighted by atomic mass is 10.2. The average molecular weight is 332 g/mol. The van der Waals surface area contributed by atoms with Crippen molar-refractivity contribution in [1.82, 2.24) is 15.2 Å². The number of benzene rings is 1. The zero-order valence-electron chi connectivity index (χ0n) is 11.6. The summed E-state index contributed by atoms with van der Waals surface area (Å²) in [5.41, 5.74) is 2.01. The molecule has 4 nitrogen and oxygen atoms in total. The summed E-state index contributed by atoms with van der Waals surface area (Å²) in [4.78, 5) is 4.10. The predicted octanol–water partition coefficient (Wildman–Crippen LogP) is 4.15. The SMILES string of the molecule is Fc1ccc(Nc2nnc(SCCc3cccnc3)s2)cc1. The van der Waals surface area contributed by atoms with E-state index in [2.05, 4.69) is 26.6 Å². The molecule has 0 amide bonds. The van der Waals surface area contributed by atoms with Crippen molar-refractivity contribution in [3.8, 4) is 0 Å². The van der Waals surface area contributed by atoms with Gasteiger partial charge in [0.05, 0.1) is 0 Å². The highest BCUT2D eigenvalue weighted by Crippen LogP contribution is 2.28. The van der Waals surface area contributed by atoms with Crippen LogP contribution in [0.15, 0.2) is 53.1 Å².